The van der Waals surface area contributed by atoms with E-state index < -0.39 is 0 Å². The maximum absolute atomic E-state index is 12.3. The average Bonchev–Trinajstić information content (AvgIpc) is 2.61. The van der Waals surface area contributed by atoms with Crippen LogP contribution >= 0.6 is 11.8 Å². The molecule has 1 amide bonds. The molecule has 0 atom stereocenters. The van der Waals surface area contributed by atoms with Gasteiger partial charge in [-0.05, 0) is 17.7 Å². The predicted octanol–water partition coefficient (Wildman–Crippen LogP) is 3.37. The summed E-state index contributed by atoms with van der Waals surface area (Å²) in [6.07, 6.45) is 0. The molecule has 0 aliphatic carbocycles. The molecule has 2 aromatic carbocycles. The van der Waals surface area contributed by atoms with E-state index in [0.29, 0.717) is 23.6 Å². The van der Waals surface area contributed by atoms with Gasteiger partial charge < -0.3 is 14.8 Å². The molecule has 0 heterocycles. The van der Waals surface area contributed by atoms with Crippen molar-refractivity contribution in [3.8, 4) is 11.5 Å². The zero-order valence-electron chi connectivity index (χ0n) is 13.4. The molecule has 1 N–H and O–H groups in total. The summed E-state index contributed by atoms with van der Waals surface area (Å²) in [5.41, 5.74) is 1.78. The molecule has 0 aromatic heterocycles. The molecular formula is C18H21NO3S. The van der Waals surface area contributed by atoms with Gasteiger partial charge in [-0.25, -0.2) is 0 Å². The Labute approximate surface area is 141 Å². The number of rotatable bonds is 8. The molecule has 0 aliphatic rings. The predicted molar refractivity (Wildman–Crippen MR) is 94.5 cm³/mol. The lowest BCUT2D eigenvalue weighted by Gasteiger charge is -2.12. The summed E-state index contributed by atoms with van der Waals surface area (Å²) in [5.74, 6) is 2.66. The monoisotopic (exact) mass is 331 g/mol. The van der Waals surface area contributed by atoms with Crippen LogP contribution in [0.2, 0.25) is 0 Å². The Morgan fingerprint density at radius 1 is 1.04 bits per heavy atom. The van der Waals surface area contributed by atoms with Gasteiger partial charge in [0.2, 0.25) is 0 Å². The maximum Gasteiger partial charge on any atom is 0.255 e. The van der Waals surface area contributed by atoms with Crippen molar-refractivity contribution in [1.82, 2.24) is 5.32 Å². The average molecular weight is 331 g/mol. The molecule has 0 spiro atoms. The highest BCUT2D eigenvalue weighted by atomic mass is 32.2. The number of carbonyl (C=O) groups is 1. The summed E-state index contributed by atoms with van der Waals surface area (Å²) in [6, 6.07) is 15.6. The molecule has 2 aromatic rings. The topological polar surface area (TPSA) is 47.6 Å². The van der Waals surface area contributed by atoms with Crippen LogP contribution in [0.4, 0.5) is 0 Å². The molecule has 0 aliphatic heterocycles. The lowest BCUT2D eigenvalue weighted by atomic mass is 10.1. The van der Waals surface area contributed by atoms with Crippen molar-refractivity contribution in [1.29, 1.82) is 0 Å². The Morgan fingerprint density at radius 2 is 1.83 bits per heavy atom. The zero-order chi connectivity index (χ0) is 16.5. The van der Waals surface area contributed by atoms with Gasteiger partial charge in [0, 0.05) is 18.1 Å². The summed E-state index contributed by atoms with van der Waals surface area (Å²) in [7, 11) is 3.09. The first kappa shape index (κ1) is 17.2. The summed E-state index contributed by atoms with van der Waals surface area (Å²) >= 11 is 1.79. The van der Waals surface area contributed by atoms with E-state index in [4.69, 9.17) is 9.47 Å². The van der Waals surface area contributed by atoms with Gasteiger partial charge in [-0.15, -0.1) is 0 Å². The minimum atomic E-state index is -0.152. The largest absolute Gasteiger partial charge is 0.493 e. The lowest BCUT2D eigenvalue weighted by Crippen LogP contribution is -2.26. The lowest BCUT2D eigenvalue weighted by molar-refractivity contribution is 0.0952. The number of ether oxygens (including phenoxy) is 2. The van der Waals surface area contributed by atoms with Crippen LogP contribution in [0, 0.1) is 0 Å². The number of para-hydroxylation sites is 1. The van der Waals surface area contributed by atoms with Crippen molar-refractivity contribution in [2.45, 2.75) is 5.75 Å². The molecule has 0 saturated heterocycles. The van der Waals surface area contributed by atoms with Crippen molar-refractivity contribution in [2.24, 2.45) is 0 Å². The molecule has 0 radical (unpaired) electrons. The van der Waals surface area contributed by atoms with E-state index in [1.54, 1.807) is 37.1 Å². The molecule has 2 rings (SSSR count). The van der Waals surface area contributed by atoms with E-state index in [1.165, 1.54) is 12.7 Å². The number of hydrogen-bond acceptors (Lipinski definition) is 4. The van der Waals surface area contributed by atoms with Gasteiger partial charge in [0.05, 0.1) is 19.8 Å². The standard InChI is InChI=1S/C18H21NO3S/c1-21-16-10-6-9-15(17(16)22-2)18(20)19-11-12-23-13-14-7-4-3-5-8-14/h3-10H,11-13H2,1-2H3,(H,19,20). The van der Waals surface area contributed by atoms with E-state index >= 15 is 0 Å². The molecule has 0 unspecified atom stereocenters. The van der Waals surface area contributed by atoms with E-state index in [9.17, 15) is 4.79 Å². The number of carbonyl (C=O) groups excluding carboxylic acids is 1. The Balaban J connectivity index is 1.81. The second-order valence-electron chi connectivity index (χ2n) is 4.84. The quantitative estimate of drug-likeness (QED) is 0.754. The third-order valence-corrected chi connectivity index (χ3v) is 4.32. The third kappa shape index (κ3) is 4.93. The number of hydrogen-bond donors (Lipinski definition) is 1. The summed E-state index contributed by atoms with van der Waals surface area (Å²) in [5, 5.41) is 2.92. The van der Waals surface area contributed by atoms with Gasteiger partial charge in [0.1, 0.15) is 0 Å². The molecule has 122 valence electrons. The molecule has 23 heavy (non-hydrogen) atoms. The minimum Gasteiger partial charge on any atom is -0.493 e. The highest BCUT2D eigenvalue weighted by Gasteiger charge is 2.15. The van der Waals surface area contributed by atoms with Crippen LogP contribution in [0.15, 0.2) is 48.5 Å². The van der Waals surface area contributed by atoms with Crippen molar-refractivity contribution < 1.29 is 14.3 Å². The van der Waals surface area contributed by atoms with Gasteiger partial charge in [-0.3, -0.25) is 4.79 Å². The first-order valence-corrected chi connectivity index (χ1v) is 8.52. The molecule has 0 bridgehead atoms. The highest BCUT2D eigenvalue weighted by Crippen LogP contribution is 2.30. The van der Waals surface area contributed by atoms with Crippen molar-refractivity contribution >= 4 is 17.7 Å². The normalized spacial score (nSPS) is 10.2. The van der Waals surface area contributed by atoms with E-state index in [0.717, 1.165) is 11.5 Å². The van der Waals surface area contributed by atoms with Gasteiger partial charge in [-0.1, -0.05) is 36.4 Å². The molecule has 4 nitrogen and oxygen atoms in total. The first-order chi connectivity index (χ1) is 11.3. The van der Waals surface area contributed by atoms with Crippen LogP contribution in [0.25, 0.3) is 0 Å². The van der Waals surface area contributed by atoms with Gasteiger partial charge >= 0.3 is 0 Å². The number of methoxy groups -OCH3 is 2. The van der Waals surface area contributed by atoms with Crippen LogP contribution in [-0.2, 0) is 5.75 Å². The van der Waals surface area contributed by atoms with Gasteiger partial charge in [0.15, 0.2) is 11.5 Å². The molecule has 0 saturated carbocycles. The van der Waals surface area contributed by atoms with Crippen LogP contribution in [0.5, 0.6) is 11.5 Å². The fourth-order valence-corrected chi connectivity index (χ4v) is 2.98. The highest BCUT2D eigenvalue weighted by molar-refractivity contribution is 7.98. The third-order valence-electron chi connectivity index (χ3n) is 3.29. The zero-order valence-corrected chi connectivity index (χ0v) is 14.2. The number of benzene rings is 2. The fraction of sp³-hybridized carbons (Fsp3) is 0.278. The Hall–Kier alpha value is -2.14. The van der Waals surface area contributed by atoms with Crippen LogP contribution in [0.3, 0.4) is 0 Å². The fourth-order valence-electron chi connectivity index (χ4n) is 2.16. The minimum absolute atomic E-state index is 0.152. The smallest absolute Gasteiger partial charge is 0.255 e. The number of thioether (sulfide) groups is 1. The molecule has 0 fully saturated rings. The Morgan fingerprint density at radius 3 is 2.52 bits per heavy atom. The van der Waals surface area contributed by atoms with E-state index in [1.807, 2.05) is 18.2 Å². The van der Waals surface area contributed by atoms with Crippen LogP contribution < -0.4 is 14.8 Å². The summed E-state index contributed by atoms with van der Waals surface area (Å²) in [6.45, 7) is 0.608. The van der Waals surface area contributed by atoms with Gasteiger partial charge in [0.25, 0.3) is 5.91 Å². The number of nitrogens with one attached hydrogen (secondary N) is 1. The van der Waals surface area contributed by atoms with Crippen molar-refractivity contribution in [2.75, 3.05) is 26.5 Å². The Kier molecular flexibility index (Phi) is 6.81. The molecule has 5 heteroatoms. The maximum atomic E-state index is 12.3. The second kappa shape index (κ2) is 9.10. The molecular weight excluding hydrogens is 310 g/mol. The number of amides is 1. The second-order valence-corrected chi connectivity index (χ2v) is 5.94. The Bertz CT molecular complexity index is 631. The first-order valence-electron chi connectivity index (χ1n) is 7.37. The van der Waals surface area contributed by atoms with Crippen LogP contribution in [-0.4, -0.2) is 32.4 Å². The van der Waals surface area contributed by atoms with Crippen molar-refractivity contribution in [3.05, 3.63) is 59.7 Å². The van der Waals surface area contributed by atoms with Gasteiger partial charge in [-0.2, -0.15) is 11.8 Å². The summed E-state index contributed by atoms with van der Waals surface area (Å²) in [4.78, 5) is 12.3. The van der Waals surface area contributed by atoms with E-state index in [-0.39, 0.29) is 5.91 Å². The van der Waals surface area contributed by atoms with E-state index in [2.05, 4.69) is 17.4 Å². The van der Waals surface area contributed by atoms with Crippen molar-refractivity contribution in [3.63, 3.8) is 0 Å². The SMILES string of the molecule is COc1cccc(C(=O)NCCSCc2ccccc2)c1OC. The van der Waals surface area contributed by atoms with Crippen LogP contribution in [0.1, 0.15) is 15.9 Å². The summed E-state index contributed by atoms with van der Waals surface area (Å²) < 4.78 is 10.5.